The second-order valence-corrected chi connectivity index (χ2v) is 3.69. The number of amides is 2. The maximum absolute atomic E-state index is 11.8. The minimum Gasteiger partial charge on any atom is -0.325 e. The van der Waals surface area contributed by atoms with E-state index in [0.29, 0.717) is 13.1 Å². The van der Waals surface area contributed by atoms with Crippen LogP contribution in [0.3, 0.4) is 0 Å². The number of hydrogen-bond donors (Lipinski definition) is 1. The lowest BCUT2D eigenvalue weighted by molar-refractivity contribution is 0.217. The van der Waals surface area contributed by atoms with Crippen molar-refractivity contribution in [3.05, 3.63) is 23.5 Å². The van der Waals surface area contributed by atoms with Crippen molar-refractivity contribution in [3.8, 4) is 0 Å². The first-order valence-corrected chi connectivity index (χ1v) is 5.58. The predicted octanol–water partition coefficient (Wildman–Crippen LogP) is 2.57. The van der Waals surface area contributed by atoms with Crippen LogP contribution in [0.5, 0.6) is 0 Å². The van der Waals surface area contributed by atoms with Crippen LogP contribution in [0.1, 0.15) is 25.2 Å². The van der Waals surface area contributed by atoms with E-state index in [0.717, 1.165) is 17.1 Å². The van der Waals surface area contributed by atoms with Crippen molar-refractivity contribution in [1.82, 2.24) is 9.88 Å². The molecule has 0 saturated heterocycles. The largest absolute Gasteiger partial charge is 0.325 e. The summed E-state index contributed by atoms with van der Waals surface area (Å²) in [4.78, 5) is 17.8. The van der Waals surface area contributed by atoms with Crippen LogP contribution in [-0.2, 0) is 0 Å². The molecule has 4 heteroatoms. The molecule has 4 nitrogen and oxygen atoms in total. The number of aryl methyl sites for hydroxylation is 2. The minimum absolute atomic E-state index is 0.0706. The van der Waals surface area contributed by atoms with E-state index in [2.05, 4.69) is 10.3 Å². The number of nitrogens with zero attached hydrogens (tertiary/aromatic N) is 2. The molecule has 0 aliphatic heterocycles. The van der Waals surface area contributed by atoms with E-state index in [9.17, 15) is 4.79 Å². The van der Waals surface area contributed by atoms with Gasteiger partial charge in [-0.2, -0.15) is 0 Å². The van der Waals surface area contributed by atoms with Gasteiger partial charge in [-0.25, -0.2) is 4.79 Å². The highest BCUT2D eigenvalue weighted by Crippen LogP contribution is 2.13. The molecular weight excluding hydrogens is 202 g/mol. The van der Waals surface area contributed by atoms with Gasteiger partial charge in [0.1, 0.15) is 0 Å². The van der Waals surface area contributed by atoms with Crippen molar-refractivity contribution in [2.24, 2.45) is 0 Å². The number of pyridine rings is 1. The Kier molecular flexibility index (Phi) is 4.28. The summed E-state index contributed by atoms with van der Waals surface area (Å²) in [6.45, 7) is 9.17. The summed E-state index contributed by atoms with van der Waals surface area (Å²) in [5, 5.41) is 2.86. The first-order valence-electron chi connectivity index (χ1n) is 5.58. The molecule has 1 rings (SSSR count). The molecule has 1 aromatic rings. The Morgan fingerprint density at radius 1 is 1.31 bits per heavy atom. The van der Waals surface area contributed by atoms with E-state index in [4.69, 9.17) is 0 Å². The fourth-order valence-corrected chi connectivity index (χ4v) is 1.52. The van der Waals surface area contributed by atoms with Gasteiger partial charge in [-0.15, -0.1) is 0 Å². The average molecular weight is 221 g/mol. The van der Waals surface area contributed by atoms with Crippen LogP contribution in [0.25, 0.3) is 0 Å². The van der Waals surface area contributed by atoms with E-state index in [1.165, 1.54) is 0 Å². The zero-order valence-corrected chi connectivity index (χ0v) is 10.4. The summed E-state index contributed by atoms with van der Waals surface area (Å²) in [5.74, 6) is 0. The van der Waals surface area contributed by atoms with E-state index >= 15 is 0 Å². The molecule has 88 valence electrons. The van der Waals surface area contributed by atoms with Crippen LogP contribution in [-0.4, -0.2) is 29.0 Å². The smallest absolute Gasteiger partial charge is 0.321 e. The van der Waals surface area contributed by atoms with Crippen molar-refractivity contribution < 1.29 is 4.79 Å². The third-order valence-corrected chi connectivity index (χ3v) is 2.52. The number of anilines is 1. The van der Waals surface area contributed by atoms with Crippen molar-refractivity contribution in [1.29, 1.82) is 0 Å². The van der Waals surface area contributed by atoms with Gasteiger partial charge in [-0.3, -0.25) is 4.98 Å². The first-order chi connectivity index (χ1) is 7.58. The number of carbonyl (C=O) groups is 1. The van der Waals surface area contributed by atoms with Crippen LogP contribution in [0.2, 0.25) is 0 Å². The van der Waals surface area contributed by atoms with Crippen molar-refractivity contribution in [3.63, 3.8) is 0 Å². The fraction of sp³-hybridized carbons (Fsp3) is 0.500. The lowest BCUT2D eigenvalue weighted by Crippen LogP contribution is -2.34. The second kappa shape index (κ2) is 5.49. The zero-order chi connectivity index (χ0) is 12.1. The van der Waals surface area contributed by atoms with Crippen LogP contribution in [0, 0.1) is 13.8 Å². The van der Waals surface area contributed by atoms with Crippen molar-refractivity contribution in [2.45, 2.75) is 27.7 Å². The van der Waals surface area contributed by atoms with Crippen LogP contribution < -0.4 is 5.32 Å². The molecule has 0 atom stereocenters. The number of hydrogen-bond acceptors (Lipinski definition) is 2. The van der Waals surface area contributed by atoms with Gasteiger partial charge in [-0.1, -0.05) is 0 Å². The quantitative estimate of drug-likeness (QED) is 0.852. The molecule has 0 aliphatic rings. The van der Waals surface area contributed by atoms with Gasteiger partial charge in [0.25, 0.3) is 0 Å². The Balaban J connectivity index is 2.76. The molecular formula is C12H19N3O. The highest BCUT2D eigenvalue weighted by atomic mass is 16.2. The lowest BCUT2D eigenvalue weighted by atomic mass is 10.3. The molecule has 1 heterocycles. The summed E-state index contributed by atoms with van der Waals surface area (Å²) >= 11 is 0. The average Bonchev–Trinajstić information content (AvgIpc) is 2.24. The molecule has 0 unspecified atom stereocenters. The summed E-state index contributed by atoms with van der Waals surface area (Å²) in [6.07, 6.45) is 0. The highest BCUT2D eigenvalue weighted by Gasteiger charge is 2.10. The highest BCUT2D eigenvalue weighted by molar-refractivity contribution is 5.89. The minimum atomic E-state index is -0.0706. The van der Waals surface area contributed by atoms with Gasteiger partial charge in [-0.05, 0) is 39.8 Å². The molecule has 2 amide bonds. The Morgan fingerprint density at radius 3 is 2.44 bits per heavy atom. The molecule has 1 aromatic heterocycles. The molecule has 16 heavy (non-hydrogen) atoms. The maximum atomic E-state index is 11.8. The number of aromatic nitrogens is 1. The zero-order valence-electron chi connectivity index (χ0n) is 10.4. The number of urea groups is 1. The third kappa shape index (κ3) is 2.95. The Hall–Kier alpha value is -1.58. The monoisotopic (exact) mass is 221 g/mol. The molecule has 0 radical (unpaired) electrons. The summed E-state index contributed by atoms with van der Waals surface area (Å²) in [7, 11) is 0. The van der Waals surface area contributed by atoms with Crippen LogP contribution >= 0.6 is 0 Å². The van der Waals surface area contributed by atoms with Crippen molar-refractivity contribution in [2.75, 3.05) is 18.4 Å². The van der Waals surface area contributed by atoms with Gasteiger partial charge < -0.3 is 10.2 Å². The maximum Gasteiger partial charge on any atom is 0.321 e. The summed E-state index contributed by atoms with van der Waals surface area (Å²) < 4.78 is 0. The molecule has 1 N–H and O–H groups in total. The normalized spacial score (nSPS) is 10.0. The van der Waals surface area contributed by atoms with Gasteiger partial charge in [0.15, 0.2) is 0 Å². The molecule has 0 aliphatic carbocycles. The fourth-order valence-electron chi connectivity index (χ4n) is 1.52. The Labute approximate surface area is 96.7 Å². The molecule has 0 saturated carbocycles. The van der Waals surface area contributed by atoms with Crippen LogP contribution in [0.15, 0.2) is 12.1 Å². The molecule has 0 spiro atoms. The van der Waals surface area contributed by atoms with Crippen molar-refractivity contribution >= 4 is 11.7 Å². The van der Waals surface area contributed by atoms with E-state index in [-0.39, 0.29) is 6.03 Å². The lowest BCUT2D eigenvalue weighted by Gasteiger charge is -2.19. The number of carbonyl (C=O) groups excluding carboxylic acids is 1. The van der Waals surface area contributed by atoms with Gasteiger partial charge in [0, 0.05) is 18.8 Å². The van der Waals surface area contributed by atoms with E-state index in [1.54, 1.807) is 4.90 Å². The topological polar surface area (TPSA) is 45.2 Å². The van der Waals surface area contributed by atoms with E-state index in [1.807, 2.05) is 39.8 Å². The first kappa shape index (κ1) is 12.5. The Bertz CT molecular complexity index is 373. The third-order valence-electron chi connectivity index (χ3n) is 2.52. The predicted molar refractivity (Wildman–Crippen MR) is 65.7 cm³/mol. The second-order valence-electron chi connectivity index (χ2n) is 3.69. The SMILES string of the molecule is CCN(CC)C(=O)Nc1ccc(C)nc1C. The summed E-state index contributed by atoms with van der Waals surface area (Å²) in [6, 6.07) is 3.71. The van der Waals surface area contributed by atoms with Gasteiger partial charge >= 0.3 is 6.03 Å². The molecule has 0 fully saturated rings. The Morgan fingerprint density at radius 2 is 1.94 bits per heavy atom. The van der Waals surface area contributed by atoms with Gasteiger partial charge in [0.05, 0.1) is 11.4 Å². The molecule has 0 aromatic carbocycles. The number of rotatable bonds is 3. The van der Waals surface area contributed by atoms with Crippen LogP contribution in [0.4, 0.5) is 10.5 Å². The van der Waals surface area contributed by atoms with E-state index < -0.39 is 0 Å². The van der Waals surface area contributed by atoms with Gasteiger partial charge in [0.2, 0.25) is 0 Å². The number of nitrogens with one attached hydrogen (secondary N) is 1. The summed E-state index contributed by atoms with van der Waals surface area (Å²) in [5.41, 5.74) is 2.58. The standard InChI is InChI=1S/C12H19N3O/c1-5-15(6-2)12(16)14-11-8-7-9(3)13-10(11)4/h7-8H,5-6H2,1-4H3,(H,14,16). The molecule has 0 bridgehead atoms.